The third-order valence-corrected chi connectivity index (χ3v) is 1.09. The smallest absolute Gasteiger partial charge is 0.325 e. The van der Waals surface area contributed by atoms with Crippen LogP contribution < -0.4 is 11.5 Å². The fourth-order valence-electron chi connectivity index (χ4n) is 0.438. The van der Waals surface area contributed by atoms with E-state index in [-0.39, 0.29) is 13.2 Å². The summed E-state index contributed by atoms with van der Waals surface area (Å²) >= 11 is 0. The minimum atomic E-state index is -0.923. The van der Waals surface area contributed by atoms with Crippen LogP contribution in [0.2, 0.25) is 0 Å². The minimum absolute atomic E-state index is 0.267. The monoisotopic (exact) mass is 162 g/mol. The number of carbonyl (C=O) groups excluding carboxylic acids is 1. The van der Waals surface area contributed by atoms with Crippen LogP contribution in [0.4, 0.5) is 0 Å². The van der Waals surface area contributed by atoms with Gasteiger partial charge in [0, 0.05) is 0 Å². The number of esters is 1. The Balaban J connectivity index is 3.36. The van der Waals surface area contributed by atoms with Gasteiger partial charge in [-0.15, -0.1) is 0 Å². The molecule has 0 saturated carbocycles. The van der Waals surface area contributed by atoms with Gasteiger partial charge in [0.05, 0.1) is 13.2 Å². The molecule has 0 rings (SSSR count). The zero-order chi connectivity index (χ0) is 8.69. The van der Waals surface area contributed by atoms with Gasteiger partial charge in [-0.25, -0.2) is 0 Å². The van der Waals surface area contributed by atoms with E-state index in [0.29, 0.717) is 13.0 Å². The van der Waals surface area contributed by atoms with E-state index >= 15 is 0 Å². The Morgan fingerprint density at radius 1 is 1.64 bits per heavy atom. The van der Waals surface area contributed by atoms with Crippen LogP contribution in [0.15, 0.2) is 0 Å². The van der Waals surface area contributed by atoms with E-state index in [1.165, 1.54) is 0 Å². The predicted molar refractivity (Wildman–Crippen MR) is 39.7 cm³/mol. The molecule has 11 heavy (non-hydrogen) atoms. The summed E-state index contributed by atoms with van der Waals surface area (Å²) in [4.78, 5) is 10.7. The van der Waals surface area contributed by atoms with Gasteiger partial charge in [0.15, 0.2) is 0 Å². The molecule has 66 valence electrons. The summed E-state index contributed by atoms with van der Waals surface area (Å²) in [5.74, 6) is -0.582. The predicted octanol–water partition coefficient (Wildman–Crippen LogP) is -1.80. The summed E-state index contributed by atoms with van der Waals surface area (Å²) in [5.41, 5.74) is 10.3. The Morgan fingerprint density at radius 3 is 2.73 bits per heavy atom. The van der Waals surface area contributed by atoms with Crippen molar-refractivity contribution in [1.82, 2.24) is 0 Å². The molecular weight excluding hydrogens is 148 g/mol. The second-order valence-corrected chi connectivity index (χ2v) is 2.10. The van der Waals surface area contributed by atoms with Gasteiger partial charge in [-0.05, 0) is 13.0 Å². The molecule has 0 radical (unpaired) electrons. The van der Waals surface area contributed by atoms with Crippen molar-refractivity contribution < 1.29 is 14.6 Å². The van der Waals surface area contributed by atoms with Crippen LogP contribution in [-0.2, 0) is 9.53 Å². The Bertz CT molecular complexity index is 118. The summed E-state index contributed by atoms with van der Waals surface area (Å²) in [5, 5.41) is 8.41. The van der Waals surface area contributed by atoms with Gasteiger partial charge < -0.3 is 21.3 Å². The van der Waals surface area contributed by atoms with E-state index in [1.54, 1.807) is 0 Å². The Hall–Kier alpha value is -0.650. The standard InChI is InChI=1S/C6H14N2O3/c7-2-1-3-11-6(10)5(8)4-9/h5,9H,1-4,7-8H2/t5-/m0/s1. The molecule has 0 spiro atoms. The second kappa shape index (κ2) is 6.09. The average Bonchev–Trinajstić information content (AvgIpc) is 2.03. The highest BCUT2D eigenvalue weighted by atomic mass is 16.5. The highest BCUT2D eigenvalue weighted by Gasteiger charge is 2.12. The highest BCUT2D eigenvalue weighted by Crippen LogP contribution is 1.86. The normalized spacial score (nSPS) is 12.6. The lowest BCUT2D eigenvalue weighted by molar-refractivity contribution is -0.146. The zero-order valence-electron chi connectivity index (χ0n) is 6.32. The average molecular weight is 162 g/mol. The molecule has 5 N–H and O–H groups in total. The third kappa shape index (κ3) is 4.72. The molecule has 1 atom stereocenters. The van der Waals surface area contributed by atoms with Gasteiger partial charge in [-0.2, -0.15) is 0 Å². The fraction of sp³-hybridized carbons (Fsp3) is 0.833. The first-order valence-corrected chi connectivity index (χ1v) is 3.45. The number of hydrogen-bond donors (Lipinski definition) is 3. The number of ether oxygens (including phenoxy) is 1. The molecule has 0 heterocycles. The number of hydrogen-bond acceptors (Lipinski definition) is 5. The lowest BCUT2D eigenvalue weighted by atomic mass is 10.3. The highest BCUT2D eigenvalue weighted by molar-refractivity contribution is 5.75. The van der Waals surface area contributed by atoms with E-state index in [4.69, 9.17) is 16.6 Å². The van der Waals surface area contributed by atoms with E-state index < -0.39 is 12.0 Å². The van der Waals surface area contributed by atoms with Crippen molar-refractivity contribution in [2.45, 2.75) is 12.5 Å². The number of carbonyl (C=O) groups is 1. The molecule has 0 bridgehead atoms. The van der Waals surface area contributed by atoms with E-state index in [2.05, 4.69) is 4.74 Å². The first-order valence-electron chi connectivity index (χ1n) is 3.45. The maximum Gasteiger partial charge on any atom is 0.325 e. The van der Waals surface area contributed by atoms with Gasteiger partial charge in [0.25, 0.3) is 0 Å². The summed E-state index contributed by atoms with van der Waals surface area (Å²) < 4.78 is 4.63. The topological polar surface area (TPSA) is 98.6 Å². The SMILES string of the molecule is NCCCOC(=O)[C@@H](N)CO. The largest absolute Gasteiger partial charge is 0.464 e. The molecule has 0 aliphatic carbocycles. The van der Waals surface area contributed by atoms with Crippen LogP contribution in [0.1, 0.15) is 6.42 Å². The molecule has 0 saturated heterocycles. The van der Waals surface area contributed by atoms with Gasteiger partial charge >= 0.3 is 5.97 Å². The zero-order valence-corrected chi connectivity index (χ0v) is 6.32. The van der Waals surface area contributed by atoms with Gasteiger partial charge in [-0.3, -0.25) is 4.79 Å². The molecule has 5 nitrogen and oxygen atoms in total. The first-order chi connectivity index (χ1) is 5.22. The lowest BCUT2D eigenvalue weighted by Crippen LogP contribution is -2.35. The minimum Gasteiger partial charge on any atom is -0.464 e. The number of rotatable bonds is 5. The van der Waals surface area contributed by atoms with Crippen LogP contribution in [0.3, 0.4) is 0 Å². The molecule has 5 heteroatoms. The third-order valence-electron chi connectivity index (χ3n) is 1.09. The van der Waals surface area contributed by atoms with Crippen LogP contribution in [-0.4, -0.2) is 36.9 Å². The van der Waals surface area contributed by atoms with Crippen molar-refractivity contribution >= 4 is 5.97 Å². The van der Waals surface area contributed by atoms with E-state index in [9.17, 15) is 4.79 Å². The van der Waals surface area contributed by atoms with Crippen LogP contribution in [0.25, 0.3) is 0 Å². The molecule has 0 aliphatic heterocycles. The van der Waals surface area contributed by atoms with Crippen LogP contribution >= 0.6 is 0 Å². The van der Waals surface area contributed by atoms with Gasteiger partial charge in [-0.1, -0.05) is 0 Å². The Labute approximate surface area is 65.3 Å². The van der Waals surface area contributed by atoms with Crippen molar-refractivity contribution in [1.29, 1.82) is 0 Å². The van der Waals surface area contributed by atoms with Crippen molar-refractivity contribution in [3.8, 4) is 0 Å². The number of aliphatic hydroxyl groups is 1. The molecule has 0 amide bonds. The van der Waals surface area contributed by atoms with Crippen LogP contribution in [0, 0.1) is 0 Å². The quantitative estimate of drug-likeness (QED) is 0.327. The molecule has 0 aromatic carbocycles. The summed E-state index contributed by atoms with van der Waals surface area (Å²) in [6.45, 7) is 0.353. The fourth-order valence-corrected chi connectivity index (χ4v) is 0.438. The second-order valence-electron chi connectivity index (χ2n) is 2.10. The molecular formula is C6H14N2O3. The van der Waals surface area contributed by atoms with Gasteiger partial charge in [0.1, 0.15) is 6.04 Å². The van der Waals surface area contributed by atoms with Gasteiger partial charge in [0.2, 0.25) is 0 Å². The van der Waals surface area contributed by atoms with Crippen molar-refractivity contribution in [2.75, 3.05) is 19.8 Å². The Morgan fingerprint density at radius 2 is 2.27 bits per heavy atom. The summed E-state index contributed by atoms with van der Waals surface area (Å²) in [6.07, 6.45) is 0.615. The van der Waals surface area contributed by atoms with Crippen molar-refractivity contribution in [2.24, 2.45) is 11.5 Å². The number of nitrogens with two attached hydrogens (primary N) is 2. The van der Waals surface area contributed by atoms with E-state index in [1.807, 2.05) is 0 Å². The molecule has 0 aliphatic rings. The maximum atomic E-state index is 10.7. The lowest BCUT2D eigenvalue weighted by Gasteiger charge is -2.07. The summed E-state index contributed by atoms with van der Waals surface area (Å²) in [6, 6.07) is -0.923. The van der Waals surface area contributed by atoms with Crippen LogP contribution in [0.5, 0.6) is 0 Å². The number of aliphatic hydroxyl groups excluding tert-OH is 1. The maximum absolute atomic E-state index is 10.7. The molecule has 0 aromatic heterocycles. The van der Waals surface area contributed by atoms with Crippen molar-refractivity contribution in [3.05, 3.63) is 0 Å². The molecule has 0 aromatic rings. The first kappa shape index (κ1) is 10.3. The molecule has 0 unspecified atom stereocenters. The Kier molecular flexibility index (Phi) is 5.73. The molecule has 0 fully saturated rings. The summed E-state index contributed by atoms with van der Waals surface area (Å²) in [7, 11) is 0. The van der Waals surface area contributed by atoms with E-state index in [0.717, 1.165) is 0 Å². The van der Waals surface area contributed by atoms with Crippen molar-refractivity contribution in [3.63, 3.8) is 0 Å².